The van der Waals surface area contributed by atoms with Gasteiger partial charge in [-0.3, -0.25) is 19.1 Å². The van der Waals surface area contributed by atoms with Gasteiger partial charge in [-0.1, -0.05) is 54.3 Å². The lowest BCUT2D eigenvalue weighted by Gasteiger charge is -2.25. The predicted octanol–water partition coefficient (Wildman–Crippen LogP) is 3.57. The first-order chi connectivity index (χ1) is 14.9. The minimum Gasteiger partial charge on any atom is -0.357 e. The average molecular weight is 451 g/mol. The SMILES string of the molecule is Cc1c(C=C2SC(=S)N(Cc3ccccc3)C2=O)c(N2CCCC2)n(C)c(=O)c1C#N. The van der Waals surface area contributed by atoms with Crippen LogP contribution < -0.4 is 10.5 Å². The molecule has 4 rings (SSSR count). The quantitative estimate of drug-likeness (QED) is 0.524. The van der Waals surface area contributed by atoms with Crippen LogP contribution in [-0.4, -0.2) is 32.8 Å². The zero-order chi connectivity index (χ0) is 22.1. The standard InChI is InChI=1S/C23H22N4O2S2/c1-15-17(20(26-10-6-7-11-26)25(2)21(28)18(15)13-24)12-19-22(29)27(23(30)31-19)14-16-8-4-3-5-9-16/h3-5,8-9,12H,6-7,10-11,14H2,1-2H3. The lowest BCUT2D eigenvalue weighted by atomic mass is 10.0. The van der Waals surface area contributed by atoms with E-state index in [1.165, 1.54) is 16.3 Å². The van der Waals surface area contributed by atoms with Crippen LogP contribution in [-0.2, 0) is 18.4 Å². The number of anilines is 1. The Balaban J connectivity index is 1.78. The van der Waals surface area contributed by atoms with Gasteiger partial charge in [-0.2, -0.15) is 5.26 Å². The third-order valence-corrected chi connectivity index (χ3v) is 7.08. The van der Waals surface area contributed by atoms with Crippen LogP contribution in [0.15, 0.2) is 40.0 Å². The van der Waals surface area contributed by atoms with Crippen LogP contribution in [0.1, 0.15) is 35.1 Å². The molecule has 6 nitrogen and oxygen atoms in total. The third kappa shape index (κ3) is 3.91. The molecule has 0 unspecified atom stereocenters. The number of benzene rings is 1. The molecule has 3 heterocycles. The van der Waals surface area contributed by atoms with Crippen LogP contribution >= 0.6 is 24.0 Å². The Bertz CT molecular complexity index is 1190. The van der Waals surface area contributed by atoms with E-state index < -0.39 is 0 Å². The fraction of sp³-hybridized carbons (Fsp3) is 0.304. The number of carbonyl (C=O) groups is 1. The summed E-state index contributed by atoms with van der Waals surface area (Å²) in [6, 6.07) is 11.8. The maximum Gasteiger partial charge on any atom is 0.270 e. The molecule has 0 saturated carbocycles. The number of thiocarbonyl (C=S) groups is 1. The van der Waals surface area contributed by atoms with Gasteiger partial charge in [-0.15, -0.1) is 0 Å². The number of nitriles is 1. The van der Waals surface area contributed by atoms with Crippen molar-refractivity contribution in [3.05, 3.63) is 67.8 Å². The van der Waals surface area contributed by atoms with E-state index in [0.29, 0.717) is 21.3 Å². The number of rotatable bonds is 4. The molecule has 2 aliphatic rings. The van der Waals surface area contributed by atoms with E-state index in [-0.39, 0.29) is 17.0 Å². The highest BCUT2D eigenvalue weighted by molar-refractivity contribution is 8.26. The predicted molar refractivity (Wildman–Crippen MR) is 128 cm³/mol. The molecular formula is C23H22N4O2S2. The van der Waals surface area contributed by atoms with Gasteiger partial charge < -0.3 is 4.90 Å². The van der Waals surface area contributed by atoms with Crippen LogP contribution in [0.2, 0.25) is 0 Å². The van der Waals surface area contributed by atoms with E-state index in [2.05, 4.69) is 4.90 Å². The zero-order valence-corrected chi connectivity index (χ0v) is 19.1. The second kappa shape index (κ2) is 8.69. The molecule has 0 spiro atoms. The van der Waals surface area contributed by atoms with Crippen LogP contribution in [0.4, 0.5) is 5.82 Å². The molecule has 2 aromatic rings. The van der Waals surface area contributed by atoms with Gasteiger partial charge in [0, 0.05) is 25.7 Å². The zero-order valence-electron chi connectivity index (χ0n) is 17.4. The Morgan fingerprint density at radius 1 is 1.19 bits per heavy atom. The van der Waals surface area contributed by atoms with Crippen molar-refractivity contribution in [3.8, 4) is 6.07 Å². The molecule has 31 heavy (non-hydrogen) atoms. The molecule has 0 radical (unpaired) electrons. The van der Waals surface area contributed by atoms with Gasteiger partial charge in [0.25, 0.3) is 11.5 Å². The second-order valence-electron chi connectivity index (χ2n) is 7.66. The van der Waals surface area contributed by atoms with E-state index in [4.69, 9.17) is 12.2 Å². The summed E-state index contributed by atoms with van der Waals surface area (Å²) in [5.74, 6) is 0.602. The van der Waals surface area contributed by atoms with Crippen LogP contribution in [0.5, 0.6) is 0 Å². The van der Waals surface area contributed by atoms with Crippen molar-refractivity contribution in [1.29, 1.82) is 5.26 Å². The van der Waals surface area contributed by atoms with Crippen molar-refractivity contribution < 1.29 is 4.79 Å². The third-order valence-electron chi connectivity index (χ3n) is 5.71. The first kappa shape index (κ1) is 21.3. The van der Waals surface area contributed by atoms with Crippen molar-refractivity contribution in [2.45, 2.75) is 26.3 Å². The molecule has 2 fully saturated rings. The van der Waals surface area contributed by atoms with Gasteiger partial charge >= 0.3 is 0 Å². The molecular weight excluding hydrogens is 428 g/mol. The molecule has 8 heteroatoms. The number of pyridine rings is 1. The van der Waals surface area contributed by atoms with E-state index >= 15 is 0 Å². The summed E-state index contributed by atoms with van der Waals surface area (Å²) in [6.07, 6.45) is 3.89. The number of nitrogens with zero attached hydrogens (tertiary/aromatic N) is 4. The Hall–Kier alpha value is -2.89. The van der Waals surface area contributed by atoms with E-state index in [9.17, 15) is 14.9 Å². The van der Waals surface area contributed by atoms with Gasteiger partial charge in [0.15, 0.2) is 0 Å². The van der Waals surface area contributed by atoms with Crippen molar-refractivity contribution in [1.82, 2.24) is 9.47 Å². The van der Waals surface area contributed by atoms with Gasteiger partial charge in [0.2, 0.25) is 0 Å². The first-order valence-corrected chi connectivity index (χ1v) is 11.3. The number of thioether (sulfide) groups is 1. The first-order valence-electron chi connectivity index (χ1n) is 10.1. The number of carbonyl (C=O) groups excluding carboxylic acids is 1. The Kier molecular flexibility index (Phi) is 5.99. The topological polar surface area (TPSA) is 69.3 Å². The van der Waals surface area contributed by atoms with Crippen LogP contribution in [0.25, 0.3) is 6.08 Å². The molecule has 0 bridgehead atoms. The van der Waals surface area contributed by atoms with Gasteiger partial charge in [-0.05, 0) is 37.0 Å². The minimum atomic E-state index is -0.310. The highest BCUT2D eigenvalue weighted by atomic mass is 32.2. The van der Waals surface area contributed by atoms with Gasteiger partial charge in [0.1, 0.15) is 21.8 Å². The molecule has 1 aromatic heterocycles. The molecule has 1 amide bonds. The molecule has 2 aliphatic heterocycles. The number of amides is 1. The Morgan fingerprint density at radius 2 is 1.87 bits per heavy atom. The second-order valence-corrected chi connectivity index (χ2v) is 9.34. The van der Waals surface area contributed by atoms with E-state index in [1.807, 2.05) is 36.4 Å². The molecule has 2 saturated heterocycles. The maximum atomic E-state index is 13.2. The molecule has 1 aromatic carbocycles. The lowest BCUT2D eigenvalue weighted by Crippen LogP contribution is -2.31. The van der Waals surface area contributed by atoms with Crippen LogP contribution in [0.3, 0.4) is 0 Å². The normalized spacial score (nSPS) is 17.6. The molecule has 0 N–H and O–H groups in total. The summed E-state index contributed by atoms with van der Waals surface area (Å²) in [5.41, 5.74) is 2.14. The molecule has 0 atom stereocenters. The lowest BCUT2D eigenvalue weighted by molar-refractivity contribution is -0.122. The fourth-order valence-electron chi connectivity index (χ4n) is 4.06. The average Bonchev–Trinajstić information content (AvgIpc) is 3.38. The van der Waals surface area contributed by atoms with Gasteiger partial charge in [-0.25, -0.2) is 0 Å². The number of hydrogen-bond donors (Lipinski definition) is 0. The fourth-order valence-corrected chi connectivity index (χ4v) is 5.29. The monoisotopic (exact) mass is 450 g/mol. The number of hydrogen-bond acceptors (Lipinski definition) is 6. The summed E-state index contributed by atoms with van der Waals surface area (Å²) in [7, 11) is 1.69. The van der Waals surface area contributed by atoms with E-state index in [0.717, 1.165) is 42.9 Å². The largest absolute Gasteiger partial charge is 0.357 e. The van der Waals surface area contributed by atoms with Crippen molar-refractivity contribution in [3.63, 3.8) is 0 Å². The minimum absolute atomic E-state index is 0.108. The summed E-state index contributed by atoms with van der Waals surface area (Å²) < 4.78 is 2.04. The molecule has 0 aliphatic carbocycles. The van der Waals surface area contributed by atoms with Crippen molar-refractivity contribution in [2.24, 2.45) is 7.05 Å². The van der Waals surface area contributed by atoms with Crippen molar-refractivity contribution >= 4 is 46.1 Å². The smallest absolute Gasteiger partial charge is 0.270 e. The highest BCUT2D eigenvalue weighted by Gasteiger charge is 2.33. The summed E-state index contributed by atoms with van der Waals surface area (Å²) in [6.45, 7) is 3.87. The summed E-state index contributed by atoms with van der Waals surface area (Å²) in [4.78, 5) is 30.2. The Morgan fingerprint density at radius 3 is 2.52 bits per heavy atom. The summed E-state index contributed by atoms with van der Waals surface area (Å²) >= 11 is 6.75. The summed E-state index contributed by atoms with van der Waals surface area (Å²) in [5, 5.41) is 9.57. The number of aromatic nitrogens is 1. The maximum absolute atomic E-state index is 13.2. The Labute approximate surface area is 190 Å². The van der Waals surface area contributed by atoms with Crippen molar-refractivity contribution in [2.75, 3.05) is 18.0 Å². The highest BCUT2D eigenvalue weighted by Crippen LogP contribution is 2.36. The molecule has 158 valence electrons. The van der Waals surface area contributed by atoms with Gasteiger partial charge in [0.05, 0.1) is 11.4 Å². The van der Waals surface area contributed by atoms with E-state index in [1.54, 1.807) is 24.9 Å². The van der Waals surface area contributed by atoms with Crippen LogP contribution in [0, 0.1) is 18.3 Å².